The van der Waals surface area contributed by atoms with Gasteiger partial charge in [0.15, 0.2) is 0 Å². The van der Waals surface area contributed by atoms with E-state index in [-0.39, 0.29) is 0 Å². The van der Waals surface area contributed by atoms with Crippen LogP contribution in [-0.2, 0) is 0 Å². The second kappa shape index (κ2) is 5.90. The summed E-state index contributed by atoms with van der Waals surface area (Å²) in [6, 6.07) is 6.14. The van der Waals surface area contributed by atoms with Crippen molar-refractivity contribution in [1.82, 2.24) is 0 Å². The molecular weight excluding hydrogens is 320 g/mol. The van der Waals surface area contributed by atoms with E-state index in [2.05, 4.69) is 51.8 Å². The SMILES string of the molecule is CCOc1ccc(Br)cc1C(Br)C(C)C. The number of rotatable bonds is 4. The standard InChI is InChI=1S/C12H16Br2O/c1-4-15-11-6-5-9(13)7-10(11)12(14)8(2)3/h5-8,12H,4H2,1-3H3. The lowest BCUT2D eigenvalue weighted by atomic mass is 10.0. The van der Waals surface area contributed by atoms with Crippen LogP contribution in [0.2, 0.25) is 0 Å². The minimum absolute atomic E-state index is 0.330. The largest absolute Gasteiger partial charge is 0.494 e. The van der Waals surface area contributed by atoms with Gasteiger partial charge in [-0.05, 0) is 31.0 Å². The molecule has 0 aliphatic carbocycles. The number of benzene rings is 1. The maximum Gasteiger partial charge on any atom is 0.123 e. The molecule has 0 saturated heterocycles. The summed E-state index contributed by atoms with van der Waals surface area (Å²) in [5.74, 6) is 1.51. The van der Waals surface area contributed by atoms with E-state index in [4.69, 9.17) is 4.74 Å². The first kappa shape index (κ1) is 13.0. The van der Waals surface area contributed by atoms with Gasteiger partial charge in [-0.1, -0.05) is 45.7 Å². The molecule has 0 aromatic heterocycles. The summed E-state index contributed by atoms with van der Waals surface area (Å²) in [4.78, 5) is 0.330. The molecule has 0 radical (unpaired) electrons. The summed E-state index contributed by atoms with van der Waals surface area (Å²) in [5, 5.41) is 0. The molecule has 0 amide bonds. The molecule has 0 bridgehead atoms. The van der Waals surface area contributed by atoms with Crippen LogP contribution in [0, 0.1) is 5.92 Å². The highest BCUT2D eigenvalue weighted by Crippen LogP contribution is 2.38. The Hall–Kier alpha value is -0.0200. The Morgan fingerprint density at radius 3 is 2.53 bits per heavy atom. The molecule has 0 spiro atoms. The van der Waals surface area contributed by atoms with Crippen LogP contribution >= 0.6 is 31.9 Å². The highest BCUT2D eigenvalue weighted by Gasteiger charge is 2.16. The predicted molar refractivity (Wildman–Crippen MR) is 71.8 cm³/mol. The molecule has 0 saturated carbocycles. The van der Waals surface area contributed by atoms with Gasteiger partial charge in [-0.25, -0.2) is 0 Å². The van der Waals surface area contributed by atoms with Crippen molar-refractivity contribution in [2.45, 2.75) is 25.6 Å². The first-order valence-electron chi connectivity index (χ1n) is 5.12. The molecule has 1 nitrogen and oxygen atoms in total. The van der Waals surface area contributed by atoms with Crippen LogP contribution in [0.25, 0.3) is 0 Å². The summed E-state index contributed by atoms with van der Waals surface area (Å²) in [5.41, 5.74) is 1.21. The van der Waals surface area contributed by atoms with Crippen molar-refractivity contribution in [3.05, 3.63) is 28.2 Å². The number of halogens is 2. The van der Waals surface area contributed by atoms with E-state index >= 15 is 0 Å². The number of ether oxygens (including phenoxy) is 1. The molecule has 84 valence electrons. The molecule has 1 aromatic carbocycles. The number of hydrogen-bond acceptors (Lipinski definition) is 1. The van der Waals surface area contributed by atoms with Gasteiger partial charge < -0.3 is 4.74 Å². The van der Waals surface area contributed by atoms with Crippen LogP contribution in [0.3, 0.4) is 0 Å². The molecule has 1 aromatic rings. The van der Waals surface area contributed by atoms with Crippen molar-refractivity contribution in [1.29, 1.82) is 0 Å². The molecule has 3 heteroatoms. The molecule has 0 N–H and O–H groups in total. The first-order chi connectivity index (χ1) is 7.06. The zero-order chi connectivity index (χ0) is 11.4. The van der Waals surface area contributed by atoms with Crippen molar-refractivity contribution in [3.8, 4) is 5.75 Å². The lowest BCUT2D eigenvalue weighted by Crippen LogP contribution is -2.03. The van der Waals surface area contributed by atoms with Crippen molar-refractivity contribution in [3.63, 3.8) is 0 Å². The van der Waals surface area contributed by atoms with Gasteiger partial charge in [0.25, 0.3) is 0 Å². The summed E-state index contributed by atoms with van der Waals surface area (Å²) >= 11 is 7.19. The zero-order valence-corrected chi connectivity index (χ0v) is 12.4. The van der Waals surface area contributed by atoms with Crippen molar-refractivity contribution in [2.24, 2.45) is 5.92 Å². The maximum atomic E-state index is 5.61. The fraction of sp³-hybridized carbons (Fsp3) is 0.500. The molecule has 0 heterocycles. The number of hydrogen-bond donors (Lipinski definition) is 0. The minimum atomic E-state index is 0.330. The fourth-order valence-corrected chi connectivity index (χ4v) is 2.12. The maximum absolute atomic E-state index is 5.61. The molecule has 0 aliphatic rings. The third kappa shape index (κ3) is 3.49. The summed E-state index contributed by atoms with van der Waals surface area (Å²) in [7, 11) is 0. The molecule has 1 unspecified atom stereocenters. The van der Waals surface area contributed by atoms with Crippen LogP contribution in [0.1, 0.15) is 31.2 Å². The quantitative estimate of drug-likeness (QED) is 0.708. The highest BCUT2D eigenvalue weighted by molar-refractivity contribution is 9.10. The van der Waals surface area contributed by atoms with Gasteiger partial charge in [-0.15, -0.1) is 0 Å². The smallest absolute Gasteiger partial charge is 0.123 e. The predicted octanol–water partition coefficient (Wildman–Crippen LogP) is 4.94. The van der Waals surface area contributed by atoms with Gasteiger partial charge in [0.1, 0.15) is 5.75 Å². The summed E-state index contributed by atoms with van der Waals surface area (Å²) in [6.07, 6.45) is 0. The molecule has 1 atom stereocenters. The van der Waals surface area contributed by atoms with Gasteiger partial charge in [0, 0.05) is 14.9 Å². The van der Waals surface area contributed by atoms with E-state index in [0.29, 0.717) is 17.4 Å². The molecule has 0 fully saturated rings. The van der Waals surface area contributed by atoms with Crippen molar-refractivity contribution in [2.75, 3.05) is 6.61 Å². The lowest BCUT2D eigenvalue weighted by Gasteiger charge is -2.18. The summed E-state index contributed by atoms with van der Waals surface area (Å²) < 4.78 is 6.70. The normalized spacial score (nSPS) is 12.9. The Bertz CT molecular complexity index is 323. The van der Waals surface area contributed by atoms with E-state index < -0.39 is 0 Å². The number of alkyl halides is 1. The van der Waals surface area contributed by atoms with E-state index in [1.807, 2.05) is 19.1 Å². The average Bonchev–Trinajstić information content (AvgIpc) is 2.20. The monoisotopic (exact) mass is 334 g/mol. The van der Waals surface area contributed by atoms with Crippen LogP contribution in [0.15, 0.2) is 22.7 Å². The van der Waals surface area contributed by atoms with Crippen molar-refractivity contribution >= 4 is 31.9 Å². The van der Waals surface area contributed by atoms with Crippen LogP contribution < -0.4 is 4.74 Å². The van der Waals surface area contributed by atoms with E-state index in [0.717, 1.165) is 10.2 Å². The topological polar surface area (TPSA) is 9.23 Å². The van der Waals surface area contributed by atoms with E-state index in [1.54, 1.807) is 0 Å². The van der Waals surface area contributed by atoms with Gasteiger partial charge in [-0.3, -0.25) is 0 Å². The average molecular weight is 336 g/mol. The zero-order valence-electron chi connectivity index (χ0n) is 9.26. The van der Waals surface area contributed by atoms with Crippen LogP contribution in [0.5, 0.6) is 5.75 Å². The van der Waals surface area contributed by atoms with Crippen LogP contribution in [-0.4, -0.2) is 6.61 Å². The second-order valence-corrected chi connectivity index (χ2v) is 5.66. The van der Waals surface area contributed by atoms with Crippen molar-refractivity contribution < 1.29 is 4.74 Å². The Labute approximate surface area is 108 Å². The first-order valence-corrected chi connectivity index (χ1v) is 6.83. The Morgan fingerprint density at radius 2 is 2.00 bits per heavy atom. The highest BCUT2D eigenvalue weighted by atomic mass is 79.9. The Morgan fingerprint density at radius 1 is 1.33 bits per heavy atom. The Balaban J connectivity index is 3.06. The molecule has 15 heavy (non-hydrogen) atoms. The van der Waals surface area contributed by atoms with E-state index in [1.165, 1.54) is 5.56 Å². The van der Waals surface area contributed by atoms with Crippen LogP contribution in [0.4, 0.5) is 0 Å². The third-order valence-corrected chi connectivity index (χ3v) is 4.20. The Kier molecular flexibility index (Phi) is 5.13. The van der Waals surface area contributed by atoms with Gasteiger partial charge in [0.2, 0.25) is 0 Å². The lowest BCUT2D eigenvalue weighted by molar-refractivity contribution is 0.335. The third-order valence-electron chi connectivity index (χ3n) is 2.15. The molecule has 0 aliphatic heterocycles. The van der Waals surface area contributed by atoms with Gasteiger partial charge in [-0.2, -0.15) is 0 Å². The molecule has 1 rings (SSSR count). The summed E-state index contributed by atoms with van der Waals surface area (Å²) in [6.45, 7) is 7.09. The van der Waals surface area contributed by atoms with Gasteiger partial charge >= 0.3 is 0 Å². The molecular formula is C12H16Br2O. The van der Waals surface area contributed by atoms with Gasteiger partial charge in [0.05, 0.1) is 6.61 Å². The second-order valence-electron chi connectivity index (χ2n) is 3.76. The van der Waals surface area contributed by atoms with E-state index in [9.17, 15) is 0 Å². The minimum Gasteiger partial charge on any atom is -0.494 e. The fourth-order valence-electron chi connectivity index (χ4n) is 1.38.